The van der Waals surface area contributed by atoms with E-state index in [1.165, 1.54) is 17.7 Å². The molecule has 0 heterocycles. The molecule has 0 aliphatic heterocycles. The van der Waals surface area contributed by atoms with Gasteiger partial charge in [0.25, 0.3) is 5.91 Å². The van der Waals surface area contributed by atoms with Gasteiger partial charge in [0.15, 0.2) is 17.7 Å². The first-order chi connectivity index (χ1) is 11.0. The molecule has 1 atom stereocenters. The van der Waals surface area contributed by atoms with E-state index in [-0.39, 0.29) is 11.7 Å². The number of carbonyl (C=O) groups is 1. The Labute approximate surface area is 136 Å². The van der Waals surface area contributed by atoms with Crippen LogP contribution in [0.5, 0.6) is 5.75 Å². The molecule has 0 radical (unpaired) electrons. The van der Waals surface area contributed by atoms with E-state index in [1.54, 1.807) is 12.1 Å². The lowest BCUT2D eigenvalue weighted by molar-refractivity contribution is -0.122. The summed E-state index contributed by atoms with van der Waals surface area (Å²) in [6.45, 7) is 6.05. The molecule has 0 saturated heterocycles. The maximum Gasteiger partial charge on any atom is 0.265 e. The number of para-hydroxylation sites is 1. The second-order valence-corrected chi connectivity index (χ2v) is 5.71. The first-order valence-corrected chi connectivity index (χ1v) is 7.83. The molecule has 0 spiro atoms. The highest BCUT2D eigenvalue weighted by Gasteiger charge is 2.20. The van der Waals surface area contributed by atoms with Gasteiger partial charge in [0, 0.05) is 5.69 Å². The SMILES string of the molecule is CC[C@H](Oc1ccccc1F)C(=O)Nc1ccc(C(C)C)cc1. The van der Waals surface area contributed by atoms with Crippen LogP contribution in [0.4, 0.5) is 10.1 Å². The van der Waals surface area contributed by atoms with Crippen molar-refractivity contribution >= 4 is 11.6 Å². The van der Waals surface area contributed by atoms with Gasteiger partial charge in [0.05, 0.1) is 0 Å². The second-order valence-electron chi connectivity index (χ2n) is 5.71. The fraction of sp³-hybridized carbons (Fsp3) is 0.316. The van der Waals surface area contributed by atoms with Gasteiger partial charge in [-0.05, 0) is 42.2 Å². The lowest BCUT2D eigenvalue weighted by atomic mass is 10.0. The Bertz CT molecular complexity index is 653. The maximum absolute atomic E-state index is 13.6. The fourth-order valence-corrected chi connectivity index (χ4v) is 2.19. The molecule has 0 fully saturated rings. The van der Waals surface area contributed by atoms with E-state index in [0.29, 0.717) is 18.0 Å². The van der Waals surface area contributed by atoms with Crippen molar-refractivity contribution in [3.05, 3.63) is 59.9 Å². The molecule has 1 N–H and O–H groups in total. The van der Waals surface area contributed by atoms with Gasteiger partial charge in [-0.15, -0.1) is 0 Å². The molecule has 0 unspecified atom stereocenters. The summed E-state index contributed by atoms with van der Waals surface area (Å²) in [5.74, 6) is -0.231. The van der Waals surface area contributed by atoms with Gasteiger partial charge in [-0.2, -0.15) is 0 Å². The highest BCUT2D eigenvalue weighted by Crippen LogP contribution is 2.20. The Morgan fingerprint density at radius 1 is 1.13 bits per heavy atom. The molecule has 2 aromatic rings. The maximum atomic E-state index is 13.6. The number of anilines is 1. The number of nitrogens with one attached hydrogen (secondary N) is 1. The second kappa shape index (κ2) is 7.77. The van der Waals surface area contributed by atoms with E-state index in [2.05, 4.69) is 19.2 Å². The Morgan fingerprint density at radius 3 is 2.35 bits per heavy atom. The Morgan fingerprint density at radius 2 is 1.78 bits per heavy atom. The molecule has 2 aromatic carbocycles. The van der Waals surface area contributed by atoms with E-state index in [9.17, 15) is 9.18 Å². The van der Waals surface area contributed by atoms with Crippen LogP contribution < -0.4 is 10.1 Å². The minimum Gasteiger partial charge on any atom is -0.478 e. The topological polar surface area (TPSA) is 38.3 Å². The third-order valence-electron chi connectivity index (χ3n) is 3.61. The molecular weight excluding hydrogens is 293 g/mol. The van der Waals surface area contributed by atoms with Gasteiger partial charge in [0.1, 0.15) is 0 Å². The number of halogens is 1. The third kappa shape index (κ3) is 4.55. The van der Waals surface area contributed by atoms with Crippen LogP contribution in [0.3, 0.4) is 0 Å². The summed E-state index contributed by atoms with van der Waals surface area (Å²) in [5, 5.41) is 2.81. The number of hydrogen-bond acceptors (Lipinski definition) is 2. The first kappa shape index (κ1) is 17.0. The highest BCUT2D eigenvalue weighted by atomic mass is 19.1. The van der Waals surface area contributed by atoms with Crippen molar-refractivity contribution in [1.29, 1.82) is 0 Å². The minimum atomic E-state index is -0.739. The summed E-state index contributed by atoms with van der Waals surface area (Å²) >= 11 is 0. The van der Waals surface area contributed by atoms with Crippen LogP contribution in [0.25, 0.3) is 0 Å². The van der Waals surface area contributed by atoms with Crippen molar-refractivity contribution in [2.45, 2.75) is 39.2 Å². The van der Waals surface area contributed by atoms with Crippen molar-refractivity contribution in [1.82, 2.24) is 0 Å². The van der Waals surface area contributed by atoms with E-state index in [4.69, 9.17) is 4.74 Å². The molecule has 2 rings (SSSR count). The van der Waals surface area contributed by atoms with Crippen LogP contribution in [-0.2, 0) is 4.79 Å². The Hall–Kier alpha value is -2.36. The van der Waals surface area contributed by atoms with Gasteiger partial charge < -0.3 is 10.1 Å². The summed E-state index contributed by atoms with van der Waals surface area (Å²) in [7, 11) is 0. The summed E-state index contributed by atoms with van der Waals surface area (Å²) in [6.07, 6.45) is -0.291. The third-order valence-corrected chi connectivity index (χ3v) is 3.61. The number of ether oxygens (including phenoxy) is 1. The molecule has 0 aromatic heterocycles. The zero-order valence-electron chi connectivity index (χ0n) is 13.7. The van der Waals surface area contributed by atoms with Gasteiger partial charge in [0.2, 0.25) is 0 Å². The van der Waals surface area contributed by atoms with Crippen molar-refractivity contribution in [3.63, 3.8) is 0 Å². The largest absolute Gasteiger partial charge is 0.478 e. The van der Waals surface area contributed by atoms with Crippen LogP contribution >= 0.6 is 0 Å². The Balaban J connectivity index is 2.04. The quantitative estimate of drug-likeness (QED) is 0.835. The predicted molar refractivity (Wildman–Crippen MR) is 90.3 cm³/mol. The zero-order valence-corrected chi connectivity index (χ0v) is 13.7. The number of carbonyl (C=O) groups excluding carboxylic acids is 1. The van der Waals surface area contributed by atoms with Crippen molar-refractivity contribution in [2.24, 2.45) is 0 Å². The van der Waals surface area contributed by atoms with Crippen molar-refractivity contribution in [3.8, 4) is 5.75 Å². The van der Waals surface area contributed by atoms with Gasteiger partial charge in [-0.25, -0.2) is 4.39 Å². The average Bonchev–Trinajstić information content (AvgIpc) is 2.54. The Kier molecular flexibility index (Phi) is 5.74. The van der Waals surface area contributed by atoms with E-state index in [1.807, 2.05) is 31.2 Å². The smallest absolute Gasteiger partial charge is 0.265 e. The van der Waals surface area contributed by atoms with Crippen LogP contribution in [0, 0.1) is 5.82 Å². The molecule has 1 amide bonds. The molecule has 3 nitrogen and oxygen atoms in total. The minimum absolute atomic E-state index is 0.0876. The molecule has 0 saturated carbocycles. The van der Waals surface area contributed by atoms with E-state index < -0.39 is 11.9 Å². The van der Waals surface area contributed by atoms with Crippen LogP contribution in [0.1, 0.15) is 38.7 Å². The number of amides is 1. The normalized spacial score (nSPS) is 12.0. The zero-order chi connectivity index (χ0) is 16.8. The van der Waals surface area contributed by atoms with E-state index >= 15 is 0 Å². The van der Waals surface area contributed by atoms with Crippen molar-refractivity contribution in [2.75, 3.05) is 5.32 Å². The first-order valence-electron chi connectivity index (χ1n) is 7.83. The fourth-order valence-electron chi connectivity index (χ4n) is 2.19. The summed E-state index contributed by atoms with van der Waals surface area (Å²) < 4.78 is 19.1. The van der Waals surface area contributed by atoms with Crippen LogP contribution in [0.2, 0.25) is 0 Å². The molecule has 0 aliphatic rings. The van der Waals surface area contributed by atoms with Gasteiger partial charge in [-0.1, -0.05) is 45.0 Å². The highest BCUT2D eigenvalue weighted by molar-refractivity contribution is 5.94. The molecule has 0 bridgehead atoms. The number of hydrogen-bond donors (Lipinski definition) is 1. The summed E-state index contributed by atoms with van der Waals surface area (Å²) in [5.41, 5.74) is 1.91. The van der Waals surface area contributed by atoms with E-state index in [0.717, 1.165) is 0 Å². The van der Waals surface area contributed by atoms with Gasteiger partial charge >= 0.3 is 0 Å². The van der Waals surface area contributed by atoms with Gasteiger partial charge in [-0.3, -0.25) is 4.79 Å². The molecule has 0 aliphatic carbocycles. The standard InChI is InChI=1S/C19H22FNO2/c1-4-17(23-18-8-6-5-7-16(18)20)19(22)21-15-11-9-14(10-12-15)13(2)3/h5-13,17H,4H2,1-3H3,(H,21,22)/t17-/m0/s1. The lowest BCUT2D eigenvalue weighted by Crippen LogP contribution is -2.32. The monoisotopic (exact) mass is 315 g/mol. The molecule has 23 heavy (non-hydrogen) atoms. The number of benzene rings is 2. The van der Waals surface area contributed by atoms with Crippen LogP contribution in [-0.4, -0.2) is 12.0 Å². The number of rotatable bonds is 6. The summed E-state index contributed by atoms with van der Waals surface area (Å²) in [4.78, 5) is 12.3. The molecule has 4 heteroatoms. The average molecular weight is 315 g/mol. The molecule has 122 valence electrons. The summed E-state index contributed by atoms with van der Waals surface area (Å²) in [6, 6.07) is 13.8. The van der Waals surface area contributed by atoms with Crippen molar-refractivity contribution < 1.29 is 13.9 Å². The predicted octanol–water partition coefficient (Wildman–Crippen LogP) is 4.75. The van der Waals surface area contributed by atoms with Crippen LogP contribution in [0.15, 0.2) is 48.5 Å². The lowest BCUT2D eigenvalue weighted by Gasteiger charge is -2.18. The molecular formula is C19H22FNO2.